The van der Waals surface area contributed by atoms with Gasteiger partial charge in [0.15, 0.2) is 15.5 Å². The van der Waals surface area contributed by atoms with Gasteiger partial charge in [-0.3, -0.25) is 4.79 Å². The van der Waals surface area contributed by atoms with E-state index in [1.807, 2.05) is 41.3 Å². The first-order chi connectivity index (χ1) is 20.2. The van der Waals surface area contributed by atoms with Crippen molar-refractivity contribution in [1.29, 1.82) is 0 Å². The number of para-hydroxylation sites is 2. The zero-order valence-corrected chi connectivity index (χ0v) is 25.0. The van der Waals surface area contributed by atoms with E-state index in [1.54, 1.807) is 58.1 Å². The summed E-state index contributed by atoms with van der Waals surface area (Å²) in [5, 5.41) is 5.19. The first kappa shape index (κ1) is 28.1. The van der Waals surface area contributed by atoms with Crippen molar-refractivity contribution >= 4 is 44.4 Å². The Morgan fingerprint density at radius 2 is 1.55 bits per heavy atom. The lowest BCUT2D eigenvalue weighted by Gasteiger charge is -2.35. The van der Waals surface area contributed by atoms with Crippen molar-refractivity contribution in [2.24, 2.45) is 0 Å². The van der Waals surface area contributed by atoms with Crippen LogP contribution < -0.4 is 4.90 Å². The van der Waals surface area contributed by atoms with Gasteiger partial charge in [-0.1, -0.05) is 48.0 Å². The van der Waals surface area contributed by atoms with Gasteiger partial charge < -0.3 is 9.80 Å². The van der Waals surface area contributed by atoms with Crippen LogP contribution in [0, 0.1) is 5.82 Å². The highest BCUT2D eigenvalue weighted by Gasteiger charge is 2.27. The van der Waals surface area contributed by atoms with Gasteiger partial charge in [-0.05, 0) is 60.2 Å². The predicted molar refractivity (Wildman–Crippen MR) is 165 cm³/mol. The predicted octanol–water partition coefficient (Wildman–Crippen LogP) is 6.43. The molecule has 1 aliphatic rings. The van der Waals surface area contributed by atoms with Crippen LogP contribution in [0.3, 0.4) is 0 Å². The summed E-state index contributed by atoms with van der Waals surface area (Å²) in [7, 11) is -3.35. The van der Waals surface area contributed by atoms with E-state index < -0.39 is 9.84 Å². The number of carbonyl (C=O) groups excluding carboxylic acids is 1. The molecule has 1 aliphatic heterocycles. The molecule has 0 spiro atoms. The number of nitrogens with zero attached hydrogens (tertiary/aromatic N) is 4. The number of thiophene rings is 1. The molecular formula is C31H26ClFN4O3S2. The number of hydrogen-bond acceptors (Lipinski definition) is 6. The Kier molecular flexibility index (Phi) is 7.61. The summed E-state index contributed by atoms with van der Waals surface area (Å²) < 4.78 is 40.2. The van der Waals surface area contributed by atoms with E-state index in [2.05, 4.69) is 0 Å². The van der Waals surface area contributed by atoms with Crippen molar-refractivity contribution in [3.8, 4) is 26.7 Å². The van der Waals surface area contributed by atoms with Crippen LogP contribution in [-0.4, -0.2) is 61.4 Å². The van der Waals surface area contributed by atoms with Gasteiger partial charge in [0.05, 0.1) is 31.9 Å². The molecule has 2 aromatic heterocycles. The van der Waals surface area contributed by atoms with Gasteiger partial charge in [-0.15, -0.1) is 11.3 Å². The van der Waals surface area contributed by atoms with Crippen LogP contribution >= 0.6 is 22.9 Å². The van der Waals surface area contributed by atoms with E-state index in [0.29, 0.717) is 48.3 Å². The van der Waals surface area contributed by atoms with E-state index in [4.69, 9.17) is 16.7 Å². The third kappa shape index (κ3) is 5.57. The van der Waals surface area contributed by atoms with Gasteiger partial charge in [0.1, 0.15) is 5.82 Å². The van der Waals surface area contributed by atoms with Crippen LogP contribution in [0.15, 0.2) is 95.9 Å². The topological polar surface area (TPSA) is 75.5 Å². The maximum Gasteiger partial charge on any atom is 0.274 e. The number of benzene rings is 3. The van der Waals surface area contributed by atoms with Gasteiger partial charge in [0, 0.05) is 37.3 Å². The molecule has 0 unspecified atom stereocenters. The van der Waals surface area contributed by atoms with Gasteiger partial charge in [0.2, 0.25) is 0 Å². The largest absolute Gasteiger partial charge is 0.366 e. The summed E-state index contributed by atoms with van der Waals surface area (Å²) >= 11 is 8.03. The Bertz CT molecular complexity index is 1900. The number of sulfone groups is 1. The first-order valence-electron chi connectivity index (χ1n) is 13.2. The van der Waals surface area contributed by atoms with E-state index in [-0.39, 0.29) is 22.3 Å². The minimum atomic E-state index is -3.35. The van der Waals surface area contributed by atoms with Crippen molar-refractivity contribution < 1.29 is 17.6 Å². The molecule has 1 amide bonds. The average Bonchev–Trinajstić information content (AvgIpc) is 3.65. The molecular weight excluding hydrogens is 595 g/mol. The Balaban J connectivity index is 1.32. The standard InChI is InChI=1S/C31H26ClFN4O3S2/c1-42(39,40)22-8-6-7-21(19-22)29-13-14-30(41-29)28-20-25(34-37(28)26-11-4-2-9-23(26)32)31(38)36-17-15-35(16-18-36)27-12-5-3-10-24(27)33/h2-14,19-20H,15-18H2,1H3. The fourth-order valence-corrected chi connectivity index (χ4v) is 6.89. The lowest BCUT2D eigenvalue weighted by molar-refractivity contribution is 0.0740. The second-order valence-corrected chi connectivity index (χ2v) is 13.5. The molecule has 42 heavy (non-hydrogen) atoms. The molecule has 3 heterocycles. The summed E-state index contributed by atoms with van der Waals surface area (Å²) in [6, 6.07) is 26.4. The van der Waals surface area contributed by atoms with Crippen LogP contribution in [-0.2, 0) is 9.84 Å². The minimum Gasteiger partial charge on any atom is -0.366 e. The van der Waals surface area contributed by atoms with Gasteiger partial charge in [0.25, 0.3) is 5.91 Å². The number of carbonyl (C=O) groups is 1. The van der Waals surface area contributed by atoms with E-state index in [0.717, 1.165) is 15.3 Å². The maximum atomic E-state index is 14.3. The second-order valence-electron chi connectivity index (χ2n) is 9.97. The minimum absolute atomic E-state index is 0.215. The van der Waals surface area contributed by atoms with Crippen LogP contribution in [0.25, 0.3) is 26.7 Å². The molecule has 0 atom stereocenters. The van der Waals surface area contributed by atoms with E-state index in [1.165, 1.54) is 23.7 Å². The highest BCUT2D eigenvalue weighted by molar-refractivity contribution is 7.90. The van der Waals surface area contributed by atoms with E-state index in [9.17, 15) is 17.6 Å². The Hall–Kier alpha value is -3.99. The highest BCUT2D eigenvalue weighted by atomic mass is 35.5. The SMILES string of the molecule is CS(=O)(=O)c1cccc(-c2ccc(-c3cc(C(=O)N4CCN(c5ccccc5F)CC4)nn3-c3ccccc3Cl)s2)c1. The molecule has 0 bridgehead atoms. The summed E-state index contributed by atoms with van der Waals surface area (Å²) in [6.45, 7) is 1.87. The number of halogens is 2. The number of rotatable bonds is 6. The van der Waals surface area contributed by atoms with E-state index >= 15 is 0 Å². The number of piperazine rings is 1. The lowest BCUT2D eigenvalue weighted by Crippen LogP contribution is -2.49. The molecule has 0 saturated carbocycles. The molecule has 11 heteroatoms. The third-order valence-corrected chi connectivity index (χ3v) is 9.76. The third-order valence-electron chi connectivity index (χ3n) is 7.17. The number of aromatic nitrogens is 2. The second kappa shape index (κ2) is 11.4. The summed E-state index contributed by atoms with van der Waals surface area (Å²) in [5.74, 6) is -0.494. The van der Waals surface area contributed by atoms with Gasteiger partial charge in [-0.2, -0.15) is 5.10 Å². The molecule has 6 rings (SSSR count). The molecule has 3 aromatic carbocycles. The highest BCUT2D eigenvalue weighted by Crippen LogP contribution is 2.37. The molecule has 1 saturated heterocycles. The number of amides is 1. The smallest absolute Gasteiger partial charge is 0.274 e. The van der Waals surface area contributed by atoms with Crippen molar-refractivity contribution in [3.05, 3.63) is 108 Å². The zero-order chi connectivity index (χ0) is 29.4. The number of anilines is 1. The van der Waals surface area contributed by atoms with Gasteiger partial charge >= 0.3 is 0 Å². The fraction of sp³-hybridized carbons (Fsp3) is 0.161. The summed E-state index contributed by atoms with van der Waals surface area (Å²) in [6.07, 6.45) is 1.19. The first-order valence-corrected chi connectivity index (χ1v) is 16.3. The van der Waals surface area contributed by atoms with Gasteiger partial charge in [-0.25, -0.2) is 17.5 Å². The molecule has 5 aromatic rings. The molecule has 1 fully saturated rings. The molecule has 0 radical (unpaired) electrons. The van der Waals surface area contributed by atoms with Crippen LogP contribution in [0.1, 0.15) is 10.5 Å². The normalized spacial score (nSPS) is 13.9. The summed E-state index contributed by atoms with van der Waals surface area (Å²) in [5.41, 5.74) is 2.91. The molecule has 7 nitrogen and oxygen atoms in total. The van der Waals surface area contributed by atoms with Crippen molar-refractivity contribution in [2.75, 3.05) is 37.3 Å². The molecule has 0 N–H and O–H groups in total. The van der Waals surface area contributed by atoms with Crippen LogP contribution in [0.4, 0.5) is 10.1 Å². The van der Waals surface area contributed by atoms with Crippen molar-refractivity contribution in [2.45, 2.75) is 4.90 Å². The van der Waals surface area contributed by atoms with Crippen molar-refractivity contribution in [1.82, 2.24) is 14.7 Å². The summed E-state index contributed by atoms with van der Waals surface area (Å²) in [4.78, 5) is 19.3. The monoisotopic (exact) mass is 620 g/mol. The maximum absolute atomic E-state index is 14.3. The fourth-order valence-electron chi connectivity index (χ4n) is 5.00. The van der Waals surface area contributed by atoms with Crippen molar-refractivity contribution in [3.63, 3.8) is 0 Å². The average molecular weight is 621 g/mol. The lowest BCUT2D eigenvalue weighted by atomic mass is 10.2. The number of hydrogen-bond donors (Lipinski definition) is 0. The molecule has 0 aliphatic carbocycles. The van der Waals surface area contributed by atoms with Crippen LogP contribution in [0.2, 0.25) is 5.02 Å². The molecule has 214 valence electrons. The zero-order valence-electron chi connectivity index (χ0n) is 22.6. The van der Waals surface area contributed by atoms with Crippen LogP contribution in [0.5, 0.6) is 0 Å². The Labute approximate surface area is 252 Å². The Morgan fingerprint density at radius 3 is 2.26 bits per heavy atom. The Morgan fingerprint density at radius 1 is 0.857 bits per heavy atom. The quantitative estimate of drug-likeness (QED) is 0.219.